The smallest absolute Gasteiger partial charge is 0.194 e. The van der Waals surface area contributed by atoms with E-state index in [4.69, 9.17) is 0 Å². The molecule has 0 radical (unpaired) electrons. The predicted octanol–water partition coefficient (Wildman–Crippen LogP) is 4.41. The third kappa shape index (κ3) is 2.06. The number of aryl methyl sites for hydroxylation is 1. The van der Waals surface area contributed by atoms with E-state index in [0.29, 0.717) is 0 Å². The van der Waals surface area contributed by atoms with Crippen LogP contribution in [0.1, 0.15) is 11.1 Å². The minimum atomic E-state index is 0.961. The van der Waals surface area contributed by atoms with Crippen molar-refractivity contribution in [1.29, 1.82) is 0 Å². The minimum Gasteiger partial charge on any atom is -0.194 e. The van der Waals surface area contributed by atoms with E-state index in [-0.39, 0.29) is 0 Å². The average molecular weight is 284 g/mol. The van der Waals surface area contributed by atoms with Crippen molar-refractivity contribution >= 4 is 21.8 Å². The lowest BCUT2D eigenvalue weighted by molar-refractivity contribution is -0.617. The molecule has 106 valence electrons. The fourth-order valence-electron chi connectivity index (χ4n) is 3.31. The highest BCUT2D eigenvalue weighted by molar-refractivity contribution is 5.94. The Labute approximate surface area is 130 Å². The fraction of sp³-hybridized carbons (Fsp3) is 0.0952. The van der Waals surface area contributed by atoms with E-state index in [0.717, 1.165) is 6.42 Å². The van der Waals surface area contributed by atoms with Gasteiger partial charge in [-0.3, -0.25) is 0 Å². The Morgan fingerprint density at radius 2 is 1.14 bits per heavy atom. The number of aromatic nitrogens is 1. The van der Waals surface area contributed by atoms with E-state index in [1.165, 1.54) is 32.9 Å². The SMILES string of the molecule is C[n+]1c2ccccc2c(Cc2ccccc2)c2ccccc21. The first-order valence-corrected chi connectivity index (χ1v) is 7.67. The monoisotopic (exact) mass is 284 g/mol. The van der Waals surface area contributed by atoms with Crippen LogP contribution in [0.5, 0.6) is 0 Å². The minimum absolute atomic E-state index is 0.961. The van der Waals surface area contributed by atoms with Crippen molar-refractivity contribution in [2.24, 2.45) is 7.05 Å². The number of hydrogen-bond acceptors (Lipinski definition) is 0. The molecule has 1 aromatic heterocycles. The molecule has 0 saturated heterocycles. The Hall–Kier alpha value is -2.67. The first-order valence-electron chi connectivity index (χ1n) is 7.67. The summed E-state index contributed by atoms with van der Waals surface area (Å²) >= 11 is 0. The van der Waals surface area contributed by atoms with Crippen LogP contribution in [0, 0.1) is 0 Å². The molecule has 0 fully saturated rings. The number of fused-ring (bicyclic) bond motifs is 2. The summed E-state index contributed by atoms with van der Waals surface area (Å²) in [5.74, 6) is 0. The summed E-state index contributed by atoms with van der Waals surface area (Å²) in [5.41, 5.74) is 5.33. The van der Waals surface area contributed by atoms with E-state index in [1.807, 2.05) is 0 Å². The van der Waals surface area contributed by atoms with Gasteiger partial charge >= 0.3 is 0 Å². The zero-order chi connectivity index (χ0) is 14.9. The Morgan fingerprint density at radius 1 is 0.636 bits per heavy atom. The number of para-hydroxylation sites is 2. The van der Waals surface area contributed by atoms with Crippen LogP contribution in [0.2, 0.25) is 0 Å². The number of benzene rings is 3. The Kier molecular flexibility index (Phi) is 3.12. The van der Waals surface area contributed by atoms with Crippen LogP contribution in [0.4, 0.5) is 0 Å². The Morgan fingerprint density at radius 3 is 1.73 bits per heavy atom. The highest BCUT2D eigenvalue weighted by Gasteiger charge is 2.16. The zero-order valence-corrected chi connectivity index (χ0v) is 12.7. The van der Waals surface area contributed by atoms with Crippen molar-refractivity contribution < 1.29 is 4.57 Å². The van der Waals surface area contributed by atoms with Crippen molar-refractivity contribution in [1.82, 2.24) is 0 Å². The van der Waals surface area contributed by atoms with Crippen LogP contribution in [0.25, 0.3) is 21.8 Å². The molecule has 0 N–H and O–H groups in total. The van der Waals surface area contributed by atoms with Crippen LogP contribution in [0.15, 0.2) is 78.9 Å². The maximum absolute atomic E-state index is 2.29. The van der Waals surface area contributed by atoms with Gasteiger partial charge < -0.3 is 0 Å². The molecule has 0 aliphatic heterocycles. The quantitative estimate of drug-likeness (QED) is 0.379. The molecule has 0 spiro atoms. The first kappa shape index (κ1) is 13.0. The average Bonchev–Trinajstić information content (AvgIpc) is 2.59. The maximum atomic E-state index is 2.29. The second kappa shape index (κ2) is 5.27. The molecule has 0 aliphatic rings. The van der Waals surface area contributed by atoms with Crippen LogP contribution < -0.4 is 4.57 Å². The van der Waals surface area contributed by atoms with Gasteiger partial charge in [0.2, 0.25) is 11.0 Å². The summed E-state index contributed by atoms with van der Waals surface area (Å²) in [6.07, 6.45) is 0.961. The van der Waals surface area contributed by atoms with Crippen LogP contribution in [-0.2, 0) is 13.5 Å². The molecule has 1 nitrogen and oxygen atoms in total. The molecule has 0 aliphatic carbocycles. The predicted molar refractivity (Wildman–Crippen MR) is 91.9 cm³/mol. The second-order valence-corrected chi connectivity index (χ2v) is 5.73. The van der Waals surface area contributed by atoms with Crippen molar-refractivity contribution in [2.45, 2.75) is 6.42 Å². The molecule has 1 heterocycles. The largest absolute Gasteiger partial charge is 0.213 e. The van der Waals surface area contributed by atoms with Gasteiger partial charge in [0.05, 0.1) is 10.8 Å². The normalized spacial score (nSPS) is 11.1. The fourth-order valence-corrected chi connectivity index (χ4v) is 3.31. The van der Waals surface area contributed by atoms with Gasteiger partial charge in [0, 0.05) is 12.1 Å². The zero-order valence-electron chi connectivity index (χ0n) is 12.7. The number of pyridine rings is 1. The standard InChI is InChI=1S/C21H18N/c1-22-20-13-7-5-11-17(20)19(15-16-9-3-2-4-10-16)18-12-6-8-14-21(18)22/h2-14H,15H2,1H3/q+1. The third-order valence-electron chi connectivity index (χ3n) is 4.40. The van der Waals surface area contributed by atoms with Gasteiger partial charge in [0.1, 0.15) is 7.05 Å². The maximum Gasteiger partial charge on any atom is 0.213 e. The first-order chi connectivity index (χ1) is 10.8. The van der Waals surface area contributed by atoms with E-state index in [1.54, 1.807) is 0 Å². The second-order valence-electron chi connectivity index (χ2n) is 5.73. The number of rotatable bonds is 2. The lowest BCUT2D eigenvalue weighted by Crippen LogP contribution is -2.30. The molecule has 1 heteroatoms. The van der Waals surface area contributed by atoms with Crippen LogP contribution >= 0.6 is 0 Å². The lowest BCUT2D eigenvalue weighted by Gasteiger charge is -2.10. The van der Waals surface area contributed by atoms with Crippen molar-refractivity contribution in [3.63, 3.8) is 0 Å². The molecule has 0 atom stereocenters. The Bertz CT molecular complexity index is 898. The van der Waals surface area contributed by atoms with Crippen molar-refractivity contribution in [2.75, 3.05) is 0 Å². The van der Waals surface area contributed by atoms with Crippen LogP contribution in [-0.4, -0.2) is 0 Å². The van der Waals surface area contributed by atoms with Gasteiger partial charge in [-0.2, -0.15) is 4.57 Å². The Balaban J connectivity index is 2.07. The van der Waals surface area contributed by atoms with Gasteiger partial charge in [-0.25, -0.2) is 0 Å². The molecule has 0 bridgehead atoms. The van der Waals surface area contributed by atoms with Gasteiger partial charge in [0.25, 0.3) is 0 Å². The third-order valence-corrected chi connectivity index (χ3v) is 4.40. The van der Waals surface area contributed by atoms with Crippen molar-refractivity contribution in [3.05, 3.63) is 90.0 Å². The molecule has 4 rings (SSSR count). The highest BCUT2D eigenvalue weighted by Crippen LogP contribution is 2.26. The van der Waals surface area contributed by atoms with Gasteiger partial charge in [-0.05, 0) is 29.7 Å². The summed E-state index contributed by atoms with van der Waals surface area (Å²) in [4.78, 5) is 0. The molecule has 0 amide bonds. The van der Waals surface area contributed by atoms with Gasteiger partial charge in [-0.15, -0.1) is 0 Å². The lowest BCUT2D eigenvalue weighted by atomic mass is 9.96. The molecular formula is C21H18N+. The number of nitrogens with zero attached hydrogens (tertiary/aromatic N) is 1. The van der Waals surface area contributed by atoms with E-state index < -0.39 is 0 Å². The summed E-state index contributed by atoms with van der Waals surface area (Å²) < 4.78 is 2.29. The molecule has 22 heavy (non-hydrogen) atoms. The van der Waals surface area contributed by atoms with E-state index >= 15 is 0 Å². The van der Waals surface area contributed by atoms with E-state index in [9.17, 15) is 0 Å². The topological polar surface area (TPSA) is 3.88 Å². The van der Waals surface area contributed by atoms with Gasteiger partial charge in [0.15, 0.2) is 0 Å². The summed E-state index contributed by atoms with van der Waals surface area (Å²) in [5, 5.41) is 2.68. The molecule has 0 saturated carbocycles. The van der Waals surface area contributed by atoms with Crippen molar-refractivity contribution in [3.8, 4) is 0 Å². The highest BCUT2D eigenvalue weighted by atomic mass is 14.9. The molecule has 3 aromatic carbocycles. The summed E-state index contributed by atoms with van der Waals surface area (Å²) in [7, 11) is 2.15. The van der Waals surface area contributed by atoms with E-state index in [2.05, 4.69) is 90.5 Å². The summed E-state index contributed by atoms with van der Waals surface area (Å²) in [6.45, 7) is 0. The number of hydrogen-bond donors (Lipinski definition) is 0. The summed E-state index contributed by atoms with van der Waals surface area (Å²) in [6, 6.07) is 28.1. The molecular weight excluding hydrogens is 266 g/mol. The molecule has 0 unspecified atom stereocenters. The molecule has 4 aromatic rings. The van der Waals surface area contributed by atoms with Gasteiger partial charge in [-0.1, -0.05) is 54.6 Å². The van der Waals surface area contributed by atoms with Crippen LogP contribution in [0.3, 0.4) is 0 Å².